The minimum atomic E-state index is 0. The summed E-state index contributed by atoms with van der Waals surface area (Å²) in [6, 6.07) is 55.3. The van der Waals surface area contributed by atoms with Gasteiger partial charge in [0, 0.05) is 22.3 Å². The molecule has 0 saturated heterocycles. The maximum absolute atomic E-state index is 8.12. The molecule has 2 aliphatic rings. The molecule has 0 atom stereocenters. The summed E-state index contributed by atoms with van der Waals surface area (Å²) in [6.45, 7) is 2.07. The molecule has 1 radical (unpaired) electrons. The molecular formula is C50H30CuN4O4. The topological polar surface area (TPSA) is 107 Å². The van der Waals surface area contributed by atoms with Gasteiger partial charge in [0.25, 0.3) is 0 Å². The van der Waals surface area contributed by atoms with E-state index in [1.807, 2.05) is 54.6 Å². The predicted octanol–water partition coefficient (Wildman–Crippen LogP) is 11.9. The molecule has 2 aliphatic heterocycles. The summed E-state index contributed by atoms with van der Waals surface area (Å²) in [5, 5.41) is 3.96. The number of nitrogens with zero attached hydrogens (tertiary/aromatic N) is 4. The van der Waals surface area contributed by atoms with Crippen LogP contribution in [0.3, 0.4) is 0 Å². The van der Waals surface area contributed by atoms with Gasteiger partial charge >= 0.3 is 23.2 Å². The van der Waals surface area contributed by atoms with Crippen LogP contribution in [0, 0.1) is 6.92 Å². The Morgan fingerprint density at radius 2 is 0.746 bits per heavy atom. The first kappa shape index (κ1) is 37.1. The molecule has 0 fully saturated rings. The van der Waals surface area contributed by atoms with Gasteiger partial charge in [0.1, 0.15) is 23.0 Å². The molecule has 59 heavy (non-hydrogen) atoms. The molecule has 5 heterocycles. The van der Waals surface area contributed by atoms with Crippen LogP contribution in [0.15, 0.2) is 164 Å². The third-order valence-electron chi connectivity index (χ3n) is 10.3. The van der Waals surface area contributed by atoms with Crippen molar-refractivity contribution >= 4 is 49.8 Å². The van der Waals surface area contributed by atoms with Crippen molar-refractivity contribution in [3.63, 3.8) is 0 Å². The quantitative estimate of drug-likeness (QED) is 0.162. The molecule has 0 spiro atoms. The molecule has 9 aromatic rings. The Morgan fingerprint density at radius 3 is 1.15 bits per heavy atom. The van der Waals surface area contributed by atoms with E-state index in [4.69, 9.17) is 39.0 Å². The zero-order valence-corrected chi connectivity index (χ0v) is 32.3. The third kappa shape index (κ3) is 6.96. The SMILES string of the molecule is Cc1ccc(Oc2ccc3c4cc5nc(cc6[n-]c(cc7nc(cc([n-]4)c3c2)-c2ccccc2-7)c2ccc(Oc3ccccc3)cc62)-c2ccccc2-5)cc1.O=C=O.[Cu+2]. The summed E-state index contributed by atoms with van der Waals surface area (Å²) in [4.78, 5) is 37.3. The Bertz CT molecular complexity index is 3270. The Morgan fingerprint density at radius 1 is 0.407 bits per heavy atom. The second kappa shape index (κ2) is 15.4. The number of hydrogen-bond donors (Lipinski definition) is 0. The summed E-state index contributed by atoms with van der Waals surface area (Å²) >= 11 is 0. The molecule has 285 valence electrons. The maximum Gasteiger partial charge on any atom is 2.00 e. The summed E-state index contributed by atoms with van der Waals surface area (Å²) in [5.74, 6) is 3.03. The molecule has 8 nitrogen and oxygen atoms in total. The number of carbonyl (C=O) groups excluding carboxylic acids is 2. The van der Waals surface area contributed by atoms with E-state index in [9.17, 15) is 0 Å². The average molecular weight is 814 g/mol. The zero-order chi connectivity index (χ0) is 39.2. The average Bonchev–Trinajstić information content (AvgIpc) is 3.98. The summed E-state index contributed by atoms with van der Waals surface area (Å²) < 4.78 is 12.6. The first-order valence-electron chi connectivity index (χ1n) is 18.7. The van der Waals surface area contributed by atoms with Crippen molar-refractivity contribution in [3.05, 3.63) is 169 Å². The largest absolute Gasteiger partial charge is 2.00 e. The number of benzene rings is 6. The van der Waals surface area contributed by atoms with E-state index >= 15 is 0 Å². The summed E-state index contributed by atoms with van der Waals surface area (Å²) in [6.07, 6.45) is 0.250. The Hall–Kier alpha value is -7.54. The van der Waals surface area contributed by atoms with E-state index in [2.05, 4.69) is 116 Å². The minimum absolute atomic E-state index is 0. The van der Waals surface area contributed by atoms with Gasteiger partial charge < -0.3 is 19.4 Å². The molecular weight excluding hydrogens is 784 g/mol. The smallest absolute Gasteiger partial charge is 0.657 e. The van der Waals surface area contributed by atoms with Crippen molar-refractivity contribution in [3.8, 4) is 68.0 Å². The van der Waals surface area contributed by atoms with Crippen molar-refractivity contribution in [1.82, 2.24) is 19.9 Å². The molecule has 0 amide bonds. The van der Waals surface area contributed by atoms with Gasteiger partial charge in [0.05, 0.1) is 22.8 Å². The van der Waals surface area contributed by atoms with Gasteiger partial charge in [-0.2, -0.15) is 9.59 Å². The van der Waals surface area contributed by atoms with Crippen LogP contribution in [0.2, 0.25) is 0 Å². The molecule has 11 rings (SSSR count). The van der Waals surface area contributed by atoms with Crippen molar-refractivity contribution in [2.75, 3.05) is 0 Å². The molecule has 3 aromatic heterocycles. The van der Waals surface area contributed by atoms with Gasteiger partial charge in [-0.05, 0) is 101 Å². The van der Waals surface area contributed by atoms with Gasteiger partial charge in [0.2, 0.25) is 0 Å². The van der Waals surface area contributed by atoms with E-state index in [0.717, 1.165) is 112 Å². The normalized spacial score (nSPS) is 11.1. The minimum Gasteiger partial charge on any atom is -0.657 e. The van der Waals surface area contributed by atoms with Crippen molar-refractivity contribution in [1.29, 1.82) is 0 Å². The molecule has 0 aliphatic carbocycles. The fraction of sp³-hybridized carbons (Fsp3) is 0.0200. The van der Waals surface area contributed by atoms with E-state index in [0.29, 0.717) is 0 Å². The van der Waals surface area contributed by atoms with Crippen LogP contribution in [-0.4, -0.2) is 16.1 Å². The van der Waals surface area contributed by atoms with Crippen LogP contribution in [-0.2, 0) is 26.7 Å². The number of ether oxygens (including phenoxy) is 2. The molecule has 0 N–H and O–H groups in total. The first-order valence-corrected chi connectivity index (χ1v) is 18.7. The zero-order valence-electron chi connectivity index (χ0n) is 31.3. The van der Waals surface area contributed by atoms with Crippen LogP contribution >= 0.6 is 0 Å². The molecule has 0 unspecified atom stereocenters. The first-order chi connectivity index (χ1) is 28.5. The number of hydrogen-bond acceptors (Lipinski definition) is 6. The predicted molar refractivity (Wildman–Crippen MR) is 226 cm³/mol. The number of aromatic nitrogens is 4. The molecule has 8 bridgehead atoms. The number of fused-ring (bicyclic) bond motifs is 20. The molecule has 6 aromatic carbocycles. The Balaban J connectivity index is 0.00000109. The van der Waals surface area contributed by atoms with Crippen LogP contribution in [0.25, 0.3) is 88.6 Å². The Kier molecular flexibility index (Phi) is 9.69. The van der Waals surface area contributed by atoms with E-state index < -0.39 is 0 Å². The van der Waals surface area contributed by atoms with E-state index in [-0.39, 0.29) is 23.2 Å². The third-order valence-corrected chi connectivity index (χ3v) is 10.3. The van der Waals surface area contributed by atoms with Crippen LogP contribution in [0.1, 0.15) is 5.56 Å². The van der Waals surface area contributed by atoms with Crippen molar-refractivity contribution in [2.24, 2.45) is 0 Å². The van der Waals surface area contributed by atoms with Gasteiger partial charge in [-0.15, -0.1) is 22.1 Å². The maximum atomic E-state index is 8.12. The standard InChI is InChI=1S/C49H30N4O2.CO2.Cu/c1-29-15-17-31(18-16-29)55-33-20-22-39-41(24-33)49-28-45-37-14-8-6-12-35(37)42(51-45)25-46-38-21-19-32(54-30-9-3-2-4-10-30)23-40(38)48(52-46)27-44-36-13-7-5-11-34(36)43(50-44)26-47(39)53-49;2-1-3;/h2-28H,1H3;;/q-2;;+2. The fourth-order valence-electron chi connectivity index (χ4n) is 7.67. The number of rotatable bonds is 4. The monoisotopic (exact) mass is 813 g/mol. The number of para-hydroxylation sites is 1. The van der Waals surface area contributed by atoms with Crippen LogP contribution < -0.4 is 19.4 Å². The van der Waals surface area contributed by atoms with E-state index in [1.54, 1.807) is 0 Å². The Labute approximate surface area is 348 Å². The van der Waals surface area contributed by atoms with Gasteiger partial charge in [0.15, 0.2) is 0 Å². The van der Waals surface area contributed by atoms with Crippen molar-refractivity contribution < 1.29 is 36.1 Å². The van der Waals surface area contributed by atoms with E-state index in [1.165, 1.54) is 5.56 Å². The van der Waals surface area contributed by atoms with Crippen molar-refractivity contribution in [2.45, 2.75) is 6.92 Å². The molecule has 9 heteroatoms. The molecule has 0 saturated carbocycles. The van der Waals surface area contributed by atoms with Crippen LogP contribution in [0.4, 0.5) is 0 Å². The summed E-state index contributed by atoms with van der Waals surface area (Å²) in [7, 11) is 0. The number of aryl methyl sites for hydroxylation is 1. The summed E-state index contributed by atoms with van der Waals surface area (Å²) in [5.41, 5.74) is 12.0. The van der Waals surface area contributed by atoms with Gasteiger partial charge in [-0.1, -0.05) is 96.6 Å². The second-order valence-electron chi connectivity index (χ2n) is 14.0. The van der Waals surface area contributed by atoms with Crippen LogP contribution in [0.5, 0.6) is 23.0 Å². The van der Waals surface area contributed by atoms with Gasteiger partial charge in [-0.3, -0.25) is 0 Å². The van der Waals surface area contributed by atoms with Gasteiger partial charge in [-0.25, -0.2) is 9.97 Å². The fourth-order valence-corrected chi connectivity index (χ4v) is 7.67. The second-order valence-corrected chi connectivity index (χ2v) is 14.0.